The fourth-order valence-electron chi connectivity index (χ4n) is 6.37. The minimum absolute atomic E-state index is 0.0127. The van der Waals surface area contributed by atoms with Crippen LogP contribution in [0.4, 0.5) is 14.4 Å². The summed E-state index contributed by atoms with van der Waals surface area (Å²) in [5, 5.41) is 0. The summed E-state index contributed by atoms with van der Waals surface area (Å²) in [6.45, 7) is 25.8. The zero-order chi connectivity index (χ0) is 45.9. The molecule has 2 aromatic heterocycles. The van der Waals surface area contributed by atoms with E-state index in [1.165, 1.54) is 12.8 Å². The molecule has 2 fully saturated rings. The van der Waals surface area contributed by atoms with Gasteiger partial charge in [-0.05, 0) is 101 Å². The number of rotatable bonds is 4. The van der Waals surface area contributed by atoms with Gasteiger partial charge >= 0.3 is 24.4 Å². The third kappa shape index (κ3) is 16.9. The summed E-state index contributed by atoms with van der Waals surface area (Å²) < 4.78 is 22.0. The number of likely N-dealkylation sites (tertiary alicyclic amines) is 1. The first-order valence-corrected chi connectivity index (χ1v) is 20.9. The van der Waals surface area contributed by atoms with E-state index >= 15 is 0 Å². The molecular formula is C43H65N7O11. The van der Waals surface area contributed by atoms with Gasteiger partial charge in [0.25, 0.3) is 5.56 Å². The third-order valence-corrected chi connectivity index (χ3v) is 9.45. The highest BCUT2D eigenvalue weighted by Crippen LogP contribution is 2.32. The smallest absolute Gasteiger partial charge is 0.410 e. The van der Waals surface area contributed by atoms with Crippen molar-refractivity contribution in [1.29, 1.82) is 0 Å². The summed E-state index contributed by atoms with van der Waals surface area (Å²) in [5.41, 5.74) is 1.58. The number of hydrogen-bond donors (Lipinski definition) is 1. The molecule has 18 nitrogen and oxygen atoms in total. The average Bonchev–Trinajstić information content (AvgIpc) is 3.97. The summed E-state index contributed by atoms with van der Waals surface area (Å²) in [5.74, 6) is 2.87. The Labute approximate surface area is 358 Å². The Bertz CT molecular complexity index is 1950. The minimum atomic E-state index is -0.532. The monoisotopic (exact) mass is 855 g/mol. The second kappa shape index (κ2) is 21.4. The van der Waals surface area contributed by atoms with Crippen LogP contribution in [0.2, 0.25) is 0 Å². The maximum Gasteiger partial charge on any atom is 0.410 e. The average molecular weight is 856 g/mol. The second-order valence-corrected chi connectivity index (χ2v) is 18.5. The van der Waals surface area contributed by atoms with Gasteiger partial charge in [-0.25, -0.2) is 24.4 Å². The predicted octanol–water partition coefficient (Wildman–Crippen LogP) is 5.88. The highest BCUT2D eigenvalue weighted by Gasteiger charge is 2.33. The van der Waals surface area contributed by atoms with E-state index in [4.69, 9.17) is 28.5 Å². The quantitative estimate of drug-likeness (QED) is 0.355. The maximum atomic E-state index is 12.3. The number of carbonyl (C=O) groups is 4. The lowest BCUT2D eigenvalue weighted by atomic mass is 9.94. The summed E-state index contributed by atoms with van der Waals surface area (Å²) in [7, 11) is 0. The standard InChI is InChI=1S/C17H25N3O3.C13H19N3O3.C12H21NO3.CO2/c1-11-18-14-7-8-20(16(21)23-17(2,3)4)9-13(14)15(19-11)22-10-12-5-6-12;1-8-14-10-5-6-16(7-9(10)11(17)15-8)12(18)19-13(2,3)4;1-5-9-8-13(7-6-10(9)14)11(15)16-12(2,3)4;2-1-3/h12H,5-10H2,1-4H3;5-7H2,1-4H3,(H,14,15,17);9H,5-8H2,1-4H3;. The van der Waals surface area contributed by atoms with E-state index in [0.717, 1.165) is 29.2 Å². The van der Waals surface area contributed by atoms with Crippen molar-refractivity contribution in [2.75, 3.05) is 32.8 Å². The van der Waals surface area contributed by atoms with E-state index in [1.54, 1.807) is 21.6 Å². The van der Waals surface area contributed by atoms with Gasteiger partial charge in [-0.1, -0.05) is 6.92 Å². The van der Waals surface area contributed by atoms with Crippen molar-refractivity contribution in [2.45, 2.75) is 152 Å². The molecule has 5 heterocycles. The molecule has 61 heavy (non-hydrogen) atoms. The Kier molecular flexibility index (Phi) is 17.6. The number of amides is 3. The van der Waals surface area contributed by atoms with Gasteiger partial charge in [-0.2, -0.15) is 14.6 Å². The maximum absolute atomic E-state index is 12.3. The number of ether oxygens (including phenoxy) is 4. The SMILES string of the molecule is CCC1CN(C(=O)OC(C)(C)C)CCC1=O.Cc1nc2c(c(=O)[nH]1)CN(C(=O)OC(C)(C)C)CC2.Cc1nc2c(c(OCC3CC3)n1)CN(C(=O)OC(C)(C)C)CC2.O=C=O. The summed E-state index contributed by atoms with van der Waals surface area (Å²) in [4.78, 5) is 96.5. The number of aromatic nitrogens is 4. The molecule has 1 saturated carbocycles. The van der Waals surface area contributed by atoms with Crippen LogP contribution < -0.4 is 10.3 Å². The largest absolute Gasteiger partial charge is 0.477 e. The molecule has 1 saturated heterocycles. The molecule has 3 amide bonds. The Balaban J connectivity index is 0.000000240. The van der Waals surface area contributed by atoms with E-state index in [0.29, 0.717) is 81.8 Å². The summed E-state index contributed by atoms with van der Waals surface area (Å²) >= 11 is 0. The van der Waals surface area contributed by atoms with Crippen molar-refractivity contribution < 1.29 is 47.7 Å². The Morgan fingerprint density at radius 3 is 1.64 bits per heavy atom. The number of piperidine rings is 1. The number of nitrogens with one attached hydrogen (secondary N) is 1. The summed E-state index contributed by atoms with van der Waals surface area (Å²) in [6, 6.07) is 0. The summed E-state index contributed by atoms with van der Waals surface area (Å²) in [6.07, 6.45) is 4.26. The van der Waals surface area contributed by atoms with Gasteiger partial charge in [0, 0.05) is 51.4 Å². The van der Waals surface area contributed by atoms with Gasteiger partial charge in [-0.15, -0.1) is 0 Å². The fourth-order valence-corrected chi connectivity index (χ4v) is 6.37. The van der Waals surface area contributed by atoms with E-state index in [2.05, 4.69) is 19.9 Å². The number of H-pyrrole nitrogens is 1. The van der Waals surface area contributed by atoms with Crippen LogP contribution in [0.1, 0.15) is 129 Å². The topological polar surface area (TPSA) is 221 Å². The van der Waals surface area contributed by atoms with Crippen LogP contribution in [-0.2, 0) is 54.5 Å². The van der Waals surface area contributed by atoms with Crippen LogP contribution >= 0.6 is 0 Å². The highest BCUT2D eigenvalue weighted by molar-refractivity contribution is 5.84. The molecular weight excluding hydrogens is 791 g/mol. The van der Waals surface area contributed by atoms with Gasteiger partial charge in [0.1, 0.15) is 34.2 Å². The van der Waals surface area contributed by atoms with Crippen molar-refractivity contribution in [3.63, 3.8) is 0 Å². The molecule has 0 bridgehead atoms. The molecule has 0 radical (unpaired) electrons. The first-order chi connectivity index (χ1) is 28.3. The molecule has 338 valence electrons. The molecule has 2 aromatic rings. The molecule has 1 N–H and O–H groups in total. The molecule has 3 aliphatic heterocycles. The van der Waals surface area contributed by atoms with Crippen molar-refractivity contribution in [3.05, 3.63) is 44.5 Å². The van der Waals surface area contributed by atoms with Crippen LogP contribution in [0.25, 0.3) is 0 Å². The normalized spacial score (nSPS) is 17.3. The number of fused-ring (bicyclic) bond motifs is 2. The molecule has 1 aliphatic carbocycles. The van der Waals surface area contributed by atoms with Crippen LogP contribution in [0.15, 0.2) is 4.79 Å². The van der Waals surface area contributed by atoms with Crippen LogP contribution in [0.3, 0.4) is 0 Å². The van der Waals surface area contributed by atoms with Gasteiger partial charge in [0.05, 0.1) is 42.2 Å². The number of nitrogens with zero attached hydrogens (tertiary/aromatic N) is 6. The van der Waals surface area contributed by atoms with Gasteiger partial charge in [0.2, 0.25) is 5.88 Å². The Hall–Kier alpha value is -5.38. The van der Waals surface area contributed by atoms with E-state index < -0.39 is 22.9 Å². The molecule has 1 unspecified atom stereocenters. The minimum Gasteiger partial charge on any atom is -0.477 e. The first kappa shape index (κ1) is 50.0. The lowest BCUT2D eigenvalue weighted by Gasteiger charge is -2.32. The lowest BCUT2D eigenvalue weighted by molar-refractivity contribution is -0.191. The van der Waals surface area contributed by atoms with Gasteiger partial charge in [0.15, 0.2) is 0 Å². The van der Waals surface area contributed by atoms with E-state index in [-0.39, 0.29) is 42.1 Å². The van der Waals surface area contributed by atoms with E-state index in [9.17, 15) is 24.0 Å². The van der Waals surface area contributed by atoms with Gasteiger partial charge < -0.3 is 38.6 Å². The lowest BCUT2D eigenvalue weighted by Crippen LogP contribution is -2.45. The molecule has 6 rings (SSSR count). The second-order valence-electron chi connectivity index (χ2n) is 18.5. The highest BCUT2D eigenvalue weighted by atomic mass is 16.6. The first-order valence-electron chi connectivity index (χ1n) is 20.9. The molecule has 1 atom stereocenters. The van der Waals surface area contributed by atoms with Crippen molar-refractivity contribution in [2.24, 2.45) is 11.8 Å². The third-order valence-electron chi connectivity index (χ3n) is 9.45. The van der Waals surface area contributed by atoms with Crippen molar-refractivity contribution in [3.8, 4) is 5.88 Å². The number of ketones is 1. The van der Waals surface area contributed by atoms with Crippen molar-refractivity contribution in [1.82, 2.24) is 34.6 Å². The molecule has 4 aliphatic rings. The zero-order valence-electron chi connectivity index (χ0n) is 38.0. The number of carbonyl (C=O) groups excluding carboxylic acids is 6. The van der Waals surface area contributed by atoms with Crippen LogP contribution in [0, 0.1) is 25.7 Å². The molecule has 0 aromatic carbocycles. The predicted molar refractivity (Wildman–Crippen MR) is 221 cm³/mol. The zero-order valence-corrected chi connectivity index (χ0v) is 38.0. The molecule has 0 spiro atoms. The van der Waals surface area contributed by atoms with Crippen molar-refractivity contribution >= 4 is 30.2 Å². The Morgan fingerprint density at radius 2 is 1.16 bits per heavy atom. The number of aromatic amines is 1. The fraction of sp³-hybridized carbons (Fsp3) is 0.698. The van der Waals surface area contributed by atoms with Crippen LogP contribution in [0.5, 0.6) is 5.88 Å². The molecule has 18 heteroatoms. The number of aryl methyl sites for hydroxylation is 2. The van der Waals surface area contributed by atoms with E-state index in [1.807, 2.05) is 76.2 Å². The number of Topliss-reactive ketones (excluding diaryl/α,β-unsaturated/α-hetero) is 1. The number of hydrogen-bond acceptors (Lipinski definition) is 14. The Morgan fingerprint density at radius 1 is 0.705 bits per heavy atom. The van der Waals surface area contributed by atoms with Gasteiger partial charge in [-0.3, -0.25) is 9.59 Å². The van der Waals surface area contributed by atoms with Crippen LogP contribution in [-0.4, -0.2) is 114 Å².